The minimum absolute atomic E-state index is 0.118. The van der Waals surface area contributed by atoms with Gasteiger partial charge in [-0.25, -0.2) is 12.8 Å². The van der Waals surface area contributed by atoms with Gasteiger partial charge in [-0.3, -0.25) is 0 Å². The quantitative estimate of drug-likeness (QED) is 0.851. The van der Waals surface area contributed by atoms with E-state index in [0.29, 0.717) is 13.1 Å². The first-order valence-corrected chi connectivity index (χ1v) is 8.14. The molecular weight excluding hydrogens is 285 g/mol. The fraction of sp³-hybridized carbons (Fsp3) is 0.231. The van der Waals surface area contributed by atoms with E-state index in [1.165, 1.54) is 27.8 Å². The van der Waals surface area contributed by atoms with Gasteiger partial charge in [0.15, 0.2) is 0 Å². The molecule has 0 unspecified atom stereocenters. The molecule has 0 N–H and O–H groups in total. The monoisotopic (exact) mass is 299 g/mol. The maximum Gasteiger partial charge on any atom is 0.243 e. The zero-order valence-electron chi connectivity index (χ0n) is 10.4. The molecule has 2 aromatic rings. The summed E-state index contributed by atoms with van der Waals surface area (Å²) in [5, 5.41) is 1.91. The van der Waals surface area contributed by atoms with Crippen molar-refractivity contribution in [1.82, 2.24) is 4.31 Å². The molecule has 19 heavy (non-hydrogen) atoms. The summed E-state index contributed by atoms with van der Waals surface area (Å²) in [4.78, 5) is 1.10. The van der Waals surface area contributed by atoms with Crippen molar-refractivity contribution in [2.24, 2.45) is 0 Å². The minimum Gasteiger partial charge on any atom is -0.207 e. The lowest BCUT2D eigenvalue weighted by Gasteiger charge is -2.19. The second kappa shape index (κ2) is 5.81. The molecule has 0 aliphatic rings. The number of rotatable bonds is 5. The van der Waals surface area contributed by atoms with Gasteiger partial charge in [-0.05, 0) is 35.7 Å². The maximum absolute atomic E-state index is 12.9. The number of benzene rings is 1. The Labute approximate surface area is 116 Å². The van der Waals surface area contributed by atoms with Gasteiger partial charge in [0.25, 0.3) is 0 Å². The van der Waals surface area contributed by atoms with Crippen LogP contribution in [0.3, 0.4) is 0 Å². The van der Waals surface area contributed by atoms with Crippen LogP contribution in [-0.2, 0) is 16.6 Å². The van der Waals surface area contributed by atoms with Crippen LogP contribution in [0.5, 0.6) is 0 Å². The summed E-state index contributed by atoms with van der Waals surface area (Å²) in [6.45, 7) is 2.50. The van der Waals surface area contributed by atoms with Crippen molar-refractivity contribution in [2.75, 3.05) is 6.54 Å². The van der Waals surface area contributed by atoms with E-state index in [4.69, 9.17) is 0 Å². The van der Waals surface area contributed by atoms with Gasteiger partial charge in [-0.15, -0.1) is 11.3 Å². The number of hydrogen-bond acceptors (Lipinski definition) is 3. The lowest BCUT2D eigenvalue weighted by molar-refractivity contribution is 0.426. The van der Waals surface area contributed by atoms with Crippen LogP contribution in [-0.4, -0.2) is 19.3 Å². The van der Waals surface area contributed by atoms with E-state index in [9.17, 15) is 12.8 Å². The fourth-order valence-electron chi connectivity index (χ4n) is 1.70. The van der Waals surface area contributed by atoms with E-state index >= 15 is 0 Å². The summed E-state index contributed by atoms with van der Waals surface area (Å²) in [5.41, 5.74) is 0. The Morgan fingerprint density at radius 3 is 2.42 bits per heavy atom. The third-order valence-electron chi connectivity index (χ3n) is 2.72. The second-order valence-corrected chi connectivity index (χ2v) is 6.93. The molecule has 1 aromatic carbocycles. The number of hydrogen-bond donors (Lipinski definition) is 0. The highest BCUT2D eigenvalue weighted by Crippen LogP contribution is 2.20. The molecule has 0 atom stereocenters. The second-order valence-electron chi connectivity index (χ2n) is 3.96. The first-order chi connectivity index (χ1) is 9.04. The van der Waals surface area contributed by atoms with Crippen molar-refractivity contribution in [2.45, 2.75) is 18.4 Å². The van der Waals surface area contributed by atoms with Crippen LogP contribution >= 0.6 is 11.3 Å². The SMILES string of the molecule is CCN(Cc1cccs1)S(=O)(=O)c1ccc(F)cc1. The van der Waals surface area contributed by atoms with E-state index < -0.39 is 15.8 Å². The first-order valence-electron chi connectivity index (χ1n) is 5.82. The Balaban J connectivity index is 2.28. The number of thiophene rings is 1. The average molecular weight is 299 g/mol. The van der Waals surface area contributed by atoms with Gasteiger partial charge in [0.1, 0.15) is 5.82 Å². The minimum atomic E-state index is -3.57. The van der Waals surface area contributed by atoms with Gasteiger partial charge in [0, 0.05) is 18.0 Å². The normalized spacial score (nSPS) is 11.9. The van der Waals surface area contributed by atoms with E-state index in [2.05, 4.69) is 0 Å². The molecule has 2 rings (SSSR count). The molecule has 0 bridgehead atoms. The largest absolute Gasteiger partial charge is 0.243 e. The highest BCUT2D eigenvalue weighted by molar-refractivity contribution is 7.89. The summed E-state index contributed by atoms with van der Waals surface area (Å²) in [7, 11) is -3.57. The van der Waals surface area contributed by atoms with Crippen LogP contribution < -0.4 is 0 Å². The summed E-state index contributed by atoms with van der Waals surface area (Å²) in [5.74, 6) is -0.444. The van der Waals surface area contributed by atoms with Gasteiger partial charge in [-0.1, -0.05) is 13.0 Å². The Hall–Kier alpha value is -1.24. The summed E-state index contributed by atoms with van der Waals surface area (Å²) in [6, 6.07) is 8.69. The highest BCUT2D eigenvalue weighted by atomic mass is 32.2. The molecule has 0 aliphatic heterocycles. The van der Waals surface area contributed by atoms with Gasteiger partial charge >= 0.3 is 0 Å². The Morgan fingerprint density at radius 1 is 1.21 bits per heavy atom. The number of sulfonamides is 1. The molecule has 6 heteroatoms. The third kappa shape index (κ3) is 3.20. The Kier molecular flexibility index (Phi) is 4.34. The van der Waals surface area contributed by atoms with Gasteiger partial charge in [0.2, 0.25) is 10.0 Å². The van der Waals surface area contributed by atoms with Crippen molar-refractivity contribution >= 4 is 21.4 Å². The smallest absolute Gasteiger partial charge is 0.207 e. The Bertz CT molecular complexity index is 621. The molecule has 1 heterocycles. The lowest BCUT2D eigenvalue weighted by Crippen LogP contribution is -2.30. The molecule has 3 nitrogen and oxygen atoms in total. The molecule has 0 saturated carbocycles. The Morgan fingerprint density at radius 2 is 1.89 bits per heavy atom. The summed E-state index contributed by atoms with van der Waals surface area (Å²) in [6.07, 6.45) is 0. The molecular formula is C13H14FNO2S2. The van der Waals surface area contributed by atoms with Gasteiger partial charge < -0.3 is 0 Å². The van der Waals surface area contributed by atoms with E-state index in [-0.39, 0.29) is 4.90 Å². The van der Waals surface area contributed by atoms with Gasteiger partial charge in [0.05, 0.1) is 4.90 Å². The fourth-order valence-corrected chi connectivity index (χ4v) is 3.93. The van der Waals surface area contributed by atoms with Crippen molar-refractivity contribution in [3.63, 3.8) is 0 Å². The van der Waals surface area contributed by atoms with Crippen LogP contribution in [0, 0.1) is 5.82 Å². The topological polar surface area (TPSA) is 37.4 Å². The molecule has 0 saturated heterocycles. The number of nitrogens with zero attached hydrogens (tertiary/aromatic N) is 1. The maximum atomic E-state index is 12.9. The predicted molar refractivity (Wildman–Crippen MR) is 74.0 cm³/mol. The predicted octanol–water partition coefficient (Wildman–Crippen LogP) is 3.10. The molecule has 0 spiro atoms. The lowest BCUT2D eigenvalue weighted by atomic mass is 10.4. The van der Waals surface area contributed by atoms with E-state index in [0.717, 1.165) is 17.0 Å². The third-order valence-corrected chi connectivity index (χ3v) is 5.51. The average Bonchev–Trinajstić information content (AvgIpc) is 2.89. The van der Waals surface area contributed by atoms with Crippen LogP contribution in [0.4, 0.5) is 4.39 Å². The zero-order chi connectivity index (χ0) is 13.9. The van der Waals surface area contributed by atoms with Gasteiger partial charge in [-0.2, -0.15) is 4.31 Å². The molecule has 0 radical (unpaired) electrons. The van der Waals surface area contributed by atoms with E-state index in [1.54, 1.807) is 6.92 Å². The summed E-state index contributed by atoms with van der Waals surface area (Å²) >= 11 is 1.51. The van der Waals surface area contributed by atoms with Crippen LogP contribution in [0.2, 0.25) is 0 Å². The molecule has 0 aliphatic carbocycles. The standard InChI is InChI=1S/C13H14FNO2S2/c1-2-15(10-12-4-3-9-18-12)19(16,17)13-7-5-11(14)6-8-13/h3-9H,2,10H2,1H3. The van der Waals surface area contributed by atoms with Crippen LogP contribution in [0.15, 0.2) is 46.7 Å². The highest BCUT2D eigenvalue weighted by Gasteiger charge is 2.23. The first kappa shape index (κ1) is 14.2. The number of halogens is 1. The van der Waals surface area contributed by atoms with E-state index in [1.807, 2.05) is 17.5 Å². The summed E-state index contributed by atoms with van der Waals surface area (Å²) < 4.78 is 39.1. The van der Waals surface area contributed by atoms with Crippen molar-refractivity contribution < 1.29 is 12.8 Å². The van der Waals surface area contributed by atoms with Crippen molar-refractivity contribution in [1.29, 1.82) is 0 Å². The molecule has 102 valence electrons. The molecule has 0 fully saturated rings. The zero-order valence-corrected chi connectivity index (χ0v) is 12.0. The van der Waals surface area contributed by atoms with Crippen molar-refractivity contribution in [3.05, 3.63) is 52.5 Å². The molecule has 1 aromatic heterocycles. The van der Waals surface area contributed by atoms with Crippen LogP contribution in [0.1, 0.15) is 11.8 Å². The van der Waals surface area contributed by atoms with Crippen LogP contribution in [0.25, 0.3) is 0 Å². The van der Waals surface area contributed by atoms with Crippen molar-refractivity contribution in [3.8, 4) is 0 Å². The molecule has 0 amide bonds.